The van der Waals surface area contributed by atoms with Gasteiger partial charge in [-0.25, -0.2) is 4.79 Å². The lowest BCUT2D eigenvalue weighted by atomic mass is 10.3. The molecule has 2 amide bonds. The molecule has 0 spiro atoms. The number of carbonyl (C=O) groups is 3. The molecule has 0 aliphatic carbocycles. The van der Waals surface area contributed by atoms with Crippen LogP contribution in [0.1, 0.15) is 20.8 Å². The van der Waals surface area contributed by atoms with Gasteiger partial charge in [-0.3, -0.25) is 9.59 Å². The molecule has 2 unspecified atom stereocenters. The molecule has 0 aromatic heterocycles. The van der Waals surface area contributed by atoms with Crippen LogP contribution >= 0.6 is 21.6 Å². The summed E-state index contributed by atoms with van der Waals surface area (Å²) in [5.41, 5.74) is 0. The summed E-state index contributed by atoms with van der Waals surface area (Å²) >= 11 is 0. The van der Waals surface area contributed by atoms with Gasteiger partial charge < -0.3 is 15.7 Å². The predicted octanol–water partition coefficient (Wildman–Crippen LogP) is 0.482. The number of carboxylic acid groups (broad SMARTS) is 1. The number of carboxylic acids is 1. The quantitative estimate of drug-likeness (QED) is 0.445. The summed E-state index contributed by atoms with van der Waals surface area (Å²) in [7, 11) is 2.82. The van der Waals surface area contributed by atoms with Crippen LogP contribution in [-0.2, 0) is 14.4 Å². The van der Waals surface area contributed by atoms with Crippen molar-refractivity contribution in [1.82, 2.24) is 10.6 Å². The zero-order chi connectivity index (χ0) is 14.1. The molecule has 0 fully saturated rings. The number of nitrogens with one attached hydrogen (secondary N) is 2. The fourth-order valence-electron chi connectivity index (χ4n) is 1.08. The van der Waals surface area contributed by atoms with E-state index in [1.54, 1.807) is 0 Å². The SMILES string of the molecule is CC(=O)NC(C)CSSCC(NC(C)=O)C(=O)O. The molecule has 2 atom stereocenters. The first kappa shape index (κ1) is 17.1. The molecule has 0 aliphatic rings. The first-order valence-electron chi connectivity index (χ1n) is 5.34. The van der Waals surface area contributed by atoms with Crippen molar-refractivity contribution in [2.75, 3.05) is 11.5 Å². The van der Waals surface area contributed by atoms with Crippen LogP contribution in [0.5, 0.6) is 0 Å². The topological polar surface area (TPSA) is 95.5 Å². The molecule has 0 radical (unpaired) electrons. The summed E-state index contributed by atoms with van der Waals surface area (Å²) < 4.78 is 0. The van der Waals surface area contributed by atoms with Crippen molar-refractivity contribution in [3.8, 4) is 0 Å². The Kier molecular flexibility index (Phi) is 8.65. The normalized spacial score (nSPS) is 13.5. The number of hydrogen-bond donors (Lipinski definition) is 3. The second kappa shape index (κ2) is 9.09. The Morgan fingerprint density at radius 1 is 1.06 bits per heavy atom. The Hall–Kier alpha value is -0.890. The predicted molar refractivity (Wildman–Crippen MR) is 73.4 cm³/mol. The molecule has 0 bridgehead atoms. The van der Waals surface area contributed by atoms with E-state index in [9.17, 15) is 14.4 Å². The van der Waals surface area contributed by atoms with Crippen LogP contribution < -0.4 is 10.6 Å². The van der Waals surface area contributed by atoms with E-state index < -0.39 is 12.0 Å². The molecule has 0 saturated carbocycles. The van der Waals surface area contributed by atoms with Crippen LogP contribution in [0.2, 0.25) is 0 Å². The Bertz CT molecular complexity index is 312. The smallest absolute Gasteiger partial charge is 0.327 e. The van der Waals surface area contributed by atoms with Crippen molar-refractivity contribution in [2.24, 2.45) is 0 Å². The van der Waals surface area contributed by atoms with E-state index >= 15 is 0 Å². The van der Waals surface area contributed by atoms with Crippen molar-refractivity contribution < 1.29 is 19.5 Å². The highest BCUT2D eigenvalue weighted by molar-refractivity contribution is 8.76. The summed E-state index contributed by atoms with van der Waals surface area (Å²) in [5, 5.41) is 13.9. The second-order valence-electron chi connectivity index (χ2n) is 3.76. The first-order valence-corrected chi connectivity index (χ1v) is 7.83. The maximum absolute atomic E-state index is 10.8. The van der Waals surface area contributed by atoms with E-state index in [-0.39, 0.29) is 23.6 Å². The largest absolute Gasteiger partial charge is 0.480 e. The number of amides is 2. The monoisotopic (exact) mass is 294 g/mol. The molecular formula is C10H18N2O4S2. The maximum Gasteiger partial charge on any atom is 0.327 e. The first-order chi connectivity index (χ1) is 8.32. The third kappa shape index (κ3) is 9.17. The lowest BCUT2D eigenvalue weighted by molar-refractivity contribution is -0.140. The van der Waals surface area contributed by atoms with Crippen molar-refractivity contribution in [2.45, 2.75) is 32.9 Å². The zero-order valence-electron chi connectivity index (χ0n) is 10.6. The number of hydrogen-bond acceptors (Lipinski definition) is 5. The molecule has 0 rings (SSSR count). The van der Waals surface area contributed by atoms with Crippen molar-refractivity contribution in [3.05, 3.63) is 0 Å². The Morgan fingerprint density at radius 3 is 2.00 bits per heavy atom. The van der Waals surface area contributed by atoms with E-state index in [2.05, 4.69) is 10.6 Å². The summed E-state index contributed by atoms with van der Waals surface area (Å²) in [6.45, 7) is 4.61. The molecule has 6 nitrogen and oxygen atoms in total. The van der Waals surface area contributed by atoms with Gasteiger partial charge in [0.1, 0.15) is 6.04 Å². The van der Waals surface area contributed by atoms with Gasteiger partial charge in [0.2, 0.25) is 11.8 Å². The standard InChI is InChI=1S/C10H18N2O4S2/c1-6(11-7(2)13)4-17-18-5-9(10(15)16)12-8(3)14/h6,9H,4-5H2,1-3H3,(H,11,13)(H,12,14)(H,15,16). The van der Waals surface area contributed by atoms with Crippen LogP contribution in [0.4, 0.5) is 0 Å². The summed E-state index contributed by atoms with van der Waals surface area (Å²) in [6.07, 6.45) is 0. The van der Waals surface area contributed by atoms with E-state index in [0.717, 1.165) is 0 Å². The minimum atomic E-state index is -1.05. The fourth-order valence-corrected chi connectivity index (χ4v) is 3.51. The molecule has 104 valence electrons. The van der Waals surface area contributed by atoms with Gasteiger partial charge in [0, 0.05) is 31.4 Å². The lowest BCUT2D eigenvalue weighted by Gasteiger charge is -2.14. The van der Waals surface area contributed by atoms with Crippen LogP contribution in [0.25, 0.3) is 0 Å². The number of rotatable bonds is 8. The maximum atomic E-state index is 10.8. The van der Waals surface area contributed by atoms with E-state index in [1.807, 2.05) is 6.92 Å². The van der Waals surface area contributed by atoms with Gasteiger partial charge in [0.15, 0.2) is 0 Å². The molecular weight excluding hydrogens is 276 g/mol. The summed E-state index contributed by atoms with van der Waals surface area (Å²) in [5.74, 6) is -0.536. The van der Waals surface area contributed by atoms with Crippen LogP contribution in [0, 0.1) is 0 Å². The van der Waals surface area contributed by atoms with Crippen LogP contribution in [0.3, 0.4) is 0 Å². The molecule has 18 heavy (non-hydrogen) atoms. The van der Waals surface area contributed by atoms with Crippen molar-refractivity contribution >= 4 is 39.4 Å². The highest BCUT2D eigenvalue weighted by atomic mass is 33.1. The van der Waals surface area contributed by atoms with Crippen LogP contribution in [0.15, 0.2) is 0 Å². The zero-order valence-corrected chi connectivity index (χ0v) is 12.2. The van der Waals surface area contributed by atoms with E-state index in [1.165, 1.54) is 35.4 Å². The third-order valence-corrected chi connectivity index (χ3v) is 4.35. The molecule has 0 aromatic rings. The Balaban J connectivity index is 3.83. The third-order valence-electron chi connectivity index (χ3n) is 1.76. The molecule has 3 N–H and O–H groups in total. The number of carbonyl (C=O) groups excluding carboxylic acids is 2. The van der Waals surface area contributed by atoms with Gasteiger partial charge in [-0.1, -0.05) is 21.6 Å². The average Bonchev–Trinajstić information content (AvgIpc) is 2.20. The van der Waals surface area contributed by atoms with Gasteiger partial charge in [-0.2, -0.15) is 0 Å². The molecule has 0 aromatic carbocycles. The van der Waals surface area contributed by atoms with Crippen LogP contribution in [-0.4, -0.2) is 46.5 Å². The van der Waals surface area contributed by atoms with Gasteiger partial charge in [-0.05, 0) is 6.92 Å². The van der Waals surface area contributed by atoms with Crippen molar-refractivity contribution in [1.29, 1.82) is 0 Å². The molecule has 0 aliphatic heterocycles. The fraction of sp³-hybridized carbons (Fsp3) is 0.700. The summed E-state index contributed by atoms with van der Waals surface area (Å²) in [6, 6.07) is -0.847. The second-order valence-corrected chi connectivity index (χ2v) is 6.31. The molecule has 0 heterocycles. The molecule has 0 saturated heterocycles. The highest BCUT2D eigenvalue weighted by Gasteiger charge is 2.18. The summed E-state index contributed by atoms with van der Waals surface area (Å²) in [4.78, 5) is 32.4. The van der Waals surface area contributed by atoms with E-state index in [4.69, 9.17) is 5.11 Å². The Labute approximate surface area is 114 Å². The van der Waals surface area contributed by atoms with E-state index in [0.29, 0.717) is 5.75 Å². The Morgan fingerprint density at radius 2 is 1.56 bits per heavy atom. The van der Waals surface area contributed by atoms with Crippen molar-refractivity contribution in [3.63, 3.8) is 0 Å². The minimum absolute atomic E-state index is 0.0315. The van der Waals surface area contributed by atoms with Gasteiger partial charge in [0.25, 0.3) is 0 Å². The average molecular weight is 294 g/mol. The molecule has 8 heteroatoms. The highest BCUT2D eigenvalue weighted by Crippen LogP contribution is 2.22. The number of aliphatic carboxylic acids is 1. The van der Waals surface area contributed by atoms with Gasteiger partial charge in [0.05, 0.1) is 0 Å². The van der Waals surface area contributed by atoms with Gasteiger partial charge in [-0.15, -0.1) is 0 Å². The van der Waals surface area contributed by atoms with Gasteiger partial charge >= 0.3 is 5.97 Å². The lowest BCUT2D eigenvalue weighted by Crippen LogP contribution is -2.41. The minimum Gasteiger partial charge on any atom is -0.480 e.